The van der Waals surface area contributed by atoms with Crippen molar-refractivity contribution in [3.8, 4) is 0 Å². The Kier molecular flexibility index (Phi) is 4.92. The molecule has 8 heteroatoms. The summed E-state index contributed by atoms with van der Waals surface area (Å²) >= 11 is 1.22. The van der Waals surface area contributed by atoms with Gasteiger partial charge in [-0.2, -0.15) is 5.10 Å². The summed E-state index contributed by atoms with van der Waals surface area (Å²) in [6.45, 7) is 5.79. The van der Waals surface area contributed by atoms with Crippen LogP contribution in [-0.4, -0.2) is 31.7 Å². The zero-order chi connectivity index (χ0) is 16.3. The molecule has 0 bridgehead atoms. The van der Waals surface area contributed by atoms with Crippen molar-refractivity contribution in [1.29, 1.82) is 0 Å². The second-order valence-electron chi connectivity index (χ2n) is 5.19. The second kappa shape index (κ2) is 6.69. The van der Waals surface area contributed by atoms with E-state index in [0.717, 1.165) is 11.4 Å². The van der Waals surface area contributed by atoms with E-state index in [1.807, 2.05) is 31.5 Å². The van der Waals surface area contributed by atoms with Gasteiger partial charge in [0.05, 0.1) is 23.9 Å². The van der Waals surface area contributed by atoms with Gasteiger partial charge in [-0.1, -0.05) is 0 Å². The van der Waals surface area contributed by atoms with Gasteiger partial charge in [0, 0.05) is 17.5 Å². The van der Waals surface area contributed by atoms with Crippen LogP contribution in [0.4, 0.5) is 5.13 Å². The summed E-state index contributed by atoms with van der Waals surface area (Å²) in [5.74, 6) is -1.11. The van der Waals surface area contributed by atoms with E-state index in [1.165, 1.54) is 11.3 Å². The Morgan fingerprint density at radius 1 is 1.45 bits per heavy atom. The molecule has 0 aliphatic rings. The molecule has 0 aliphatic carbocycles. The highest BCUT2D eigenvalue weighted by Gasteiger charge is 2.15. The maximum Gasteiger partial charge on any atom is 0.309 e. The number of rotatable bonds is 6. The zero-order valence-corrected chi connectivity index (χ0v) is 13.5. The van der Waals surface area contributed by atoms with E-state index < -0.39 is 5.97 Å². The SMILES string of the molecule is Cc1cc(C)n(C(C)CC(=O)Nc2nc(CC(=O)O)cs2)n1. The van der Waals surface area contributed by atoms with Crippen LogP contribution in [0.2, 0.25) is 0 Å². The molecule has 0 spiro atoms. The number of hydrogen-bond acceptors (Lipinski definition) is 5. The summed E-state index contributed by atoms with van der Waals surface area (Å²) in [6, 6.07) is 1.90. The predicted octanol–water partition coefficient (Wildman–Crippen LogP) is 2.17. The number of amides is 1. The first-order chi connectivity index (χ1) is 10.3. The Hall–Kier alpha value is -2.22. The molecular weight excluding hydrogens is 304 g/mol. The van der Waals surface area contributed by atoms with Gasteiger partial charge in [0.25, 0.3) is 0 Å². The van der Waals surface area contributed by atoms with E-state index in [2.05, 4.69) is 15.4 Å². The number of hydrogen-bond donors (Lipinski definition) is 2. The maximum atomic E-state index is 12.0. The van der Waals surface area contributed by atoms with Crippen LogP contribution >= 0.6 is 11.3 Å². The van der Waals surface area contributed by atoms with E-state index in [1.54, 1.807) is 5.38 Å². The third-order valence-corrected chi connectivity index (χ3v) is 3.88. The minimum atomic E-state index is -0.943. The van der Waals surface area contributed by atoms with Crippen LogP contribution in [0.1, 0.15) is 36.5 Å². The first-order valence-corrected chi connectivity index (χ1v) is 7.72. The van der Waals surface area contributed by atoms with Crippen molar-refractivity contribution < 1.29 is 14.7 Å². The van der Waals surface area contributed by atoms with Crippen LogP contribution in [-0.2, 0) is 16.0 Å². The van der Waals surface area contributed by atoms with Gasteiger partial charge in [-0.15, -0.1) is 11.3 Å². The van der Waals surface area contributed by atoms with E-state index in [-0.39, 0.29) is 24.8 Å². The van der Waals surface area contributed by atoms with Crippen LogP contribution < -0.4 is 5.32 Å². The molecule has 118 valence electrons. The van der Waals surface area contributed by atoms with Crippen LogP contribution in [0, 0.1) is 13.8 Å². The van der Waals surface area contributed by atoms with Gasteiger partial charge in [0.2, 0.25) is 5.91 Å². The highest BCUT2D eigenvalue weighted by atomic mass is 32.1. The minimum absolute atomic E-state index is 0.0628. The van der Waals surface area contributed by atoms with Crippen molar-refractivity contribution in [2.24, 2.45) is 0 Å². The fourth-order valence-corrected chi connectivity index (χ4v) is 2.94. The number of aliphatic carboxylic acids is 1. The lowest BCUT2D eigenvalue weighted by Gasteiger charge is -2.13. The van der Waals surface area contributed by atoms with Gasteiger partial charge in [-0.3, -0.25) is 14.3 Å². The number of nitrogens with one attached hydrogen (secondary N) is 1. The number of carboxylic acid groups (broad SMARTS) is 1. The molecule has 1 amide bonds. The molecule has 0 saturated carbocycles. The van der Waals surface area contributed by atoms with Crippen molar-refractivity contribution in [3.63, 3.8) is 0 Å². The van der Waals surface area contributed by atoms with E-state index in [4.69, 9.17) is 5.11 Å². The Balaban J connectivity index is 1.93. The molecule has 2 N–H and O–H groups in total. The standard InChI is InChI=1S/C14H18N4O3S/c1-8-4-9(2)18(17-8)10(3)5-12(19)16-14-15-11(7-22-14)6-13(20)21/h4,7,10H,5-6H2,1-3H3,(H,20,21)(H,15,16,19). The Morgan fingerprint density at radius 2 is 2.18 bits per heavy atom. The number of aryl methyl sites for hydroxylation is 2. The van der Waals surface area contributed by atoms with E-state index >= 15 is 0 Å². The monoisotopic (exact) mass is 322 g/mol. The second-order valence-corrected chi connectivity index (χ2v) is 6.05. The van der Waals surface area contributed by atoms with Crippen LogP contribution in [0.25, 0.3) is 0 Å². The molecule has 0 fully saturated rings. The number of thiazole rings is 1. The topological polar surface area (TPSA) is 97.1 Å². The van der Waals surface area contributed by atoms with Crippen LogP contribution in [0.3, 0.4) is 0 Å². The number of anilines is 1. The first kappa shape index (κ1) is 16.2. The molecule has 2 aromatic heterocycles. The zero-order valence-electron chi connectivity index (χ0n) is 12.7. The third kappa shape index (κ3) is 4.14. The predicted molar refractivity (Wildman–Crippen MR) is 83.1 cm³/mol. The Morgan fingerprint density at radius 3 is 2.77 bits per heavy atom. The number of carboxylic acids is 1. The molecule has 22 heavy (non-hydrogen) atoms. The molecule has 0 aromatic carbocycles. The lowest BCUT2D eigenvalue weighted by molar-refractivity contribution is -0.136. The first-order valence-electron chi connectivity index (χ1n) is 6.84. The minimum Gasteiger partial charge on any atom is -0.481 e. The van der Waals surface area contributed by atoms with E-state index in [0.29, 0.717) is 10.8 Å². The number of carbonyl (C=O) groups excluding carboxylic acids is 1. The molecule has 2 heterocycles. The van der Waals surface area contributed by atoms with Crippen molar-refractivity contribution in [2.45, 2.75) is 39.7 Å². The molecule has 0 radical (unpaired) electrons. The molecule has 2 rings (SSSR count). The smallest absolute Gasteiger partial charge is 0.309 e. The largest absolute Gasteiger partial charge is 0.481 e. The molecule has 1 atom stereocenters. The molecule has 0 aliphatic heterocycles. The lowest BCUT2D eigenvalue weighted by Crippen LogP contribution is -2.19. The highest BCUT2D eigenvalue weighted by Crippen LogP contribution is 2.18. The number of aromatic nitrogens is 3. The summed E-state index contributed by atoms with van der Waals surface area (Å²) in [5.41, 5.74) is 2.37. The van der Waals surface area contributed by atoms with Crippen molar-refractivity contribution >= 4 is 28.3 Å². The average Bonchev–Trinajstić information content (AvgIpc) is 2.95. The van der Waals surface area contributed by atoms with Gasteiger partial charge in [-0.25, -0.2) is 4.98 Å². The Bertz CT molecular complexity index is 692. The summed E-state index contributed by atoms with van der Waals surface area (Å²) in [5, 5.41) is 17.8. The third-order valence-electron chi connectivity index (χ3n) is 3.07. The molecule has 0 saturated heterocycles. The van der Waals surface area contributed by atoms with Crippen molar-refractivity contribution in [3.05, 3.63) is 28.5 Å². The van der Waals surface area contributed by atoms with Gasteiger partial charge >= 0.3 is 5.97 Å². The fourth-order valence-electron chi connectivity index (χ4n) is 2.22. The van der Waals surface area contributed by atoms with Gasteiger partial charge < -0.3 is 10.4 Å². The van der Waals surface area contributed by atoms with Crippen LogP contribution in [0.5, 0.6) is 0 Å². The van der Waals surface area contributed by atoms with Crippen molar-refractivity contribution in [1.82, 2.24) is 14.8 Å². The molecular formula is C14H18N4O3S. The summed E-state index contributed by atoms with van der Waals surface area (Å²) in [7, 11) is 0. The van der Waals surface area contributed by atoms with Gasteiger partial charge in [-0.05, 0) is 26.8 Å². The lowest BCUT2D eigenvalue weighted by atomic mass is 10.2. The van der Waals surface area contributed by atoms with E-state index in [9.17, 15) is 9.59 Å². The van der Waals surface area contributed by atoms with Gasteiger partial charge in [0.15, 0.2) is 5.13 Å². The summed E-state index contributed by atoms with van der Waals surface area (Å²) in [4.78, 5) is 26.7. The summed E-state index contributed by atoms with van der Waals surface area (Å²) < 4.78 is 1.83. The average molecular weight is 322 g/mol. The number of carbonyl (C=O) groups is 2. The molecule has 7 nitrogen and oxygen atoms in total. The maximum absolute atomic E-state index is 12.0. The summed E-state index contributed by atoms with van der Waals surface area (Å²) in [6.07, 6.45) is 0.129. The van der Waals surface area contributed by atoms with Crippen LogP contribution in [0.15, 0.2) is 11.4 Å². The van der Waals surface area contributed by atoms with Gasteiger partial charge in [0.1, 0.15) is 0 Å². The molecule has 2 aromatic rings. The normalized spacial score (nSPS) is 12.1. The highest BCUT2D eigenvalue weighted by molar-refractivity contribution is 7.13. The van der Waals surface area contributed by atoms with Crippen molar-refractivity contribution in [2.75, 3.05) is 5.32 Å². The fraction of sp³-hybridized carbons (Fsp3) is 0.429. The molecule has 1 unspecified atom stereocenters. The Labute approximate surface area is 132 Å². The number of nitrogens with zero attached hydrogens (tertiary/aromatic N) is 3. The quantitative estimate of drug-likeness (QED) is 0.849.